The van der Waals surface area contributed by atoms with E-state index in [0.717, 1.165) is 11.3 Å². The van der Waals surface area contributed by atoms with Crippen LogP contribution in [0.5, 0.6) is 11.5 Å². The average Bonchev–Trinajstić information content (AvgIpc) is 3.31. The summed E-state index contributed by atoms with van der Waals surface area (Å²) in [4.78, 5) is 4.37. The van der Waals surface area contributed by atoms with E-state index in [1.807, 2.05) is 7.05 Å². The first kappa shape index (κ1) is 16.5. The normalized spacial score (nSPS) is 12.8. The molecule has 26 heavy (non-hydrogen) atoms. The zero-order chi connectivity index (χ0) is 17.9. The Hall–Kier alpha value is -2.94. The van der Waals surface area contributed by atoms with Crippen molar-refractivity contribution in [3.05, 3.63) is 41.6 Å². The van der Waals surface area contributed by atoms with Crippen LogP contribution >= 0.6 is 0 Å². The van der Waals surface area contributed by atoms with Crippen LogP contribution in [0.25, 0.3) is 5.65 Å². The van der Waals surface area contributed by atoms with Gasteiger partial charge in [0.05, 0.1) is 12.8 Å². The summed E-state index contributed by atoms with van der Waals surface area (Å²) < 4.78 is 27.1. The summed E-state index contributed by atoms with van der Waals surface area (Å²) >= 11 is 0. The molecule has 1 aliphatic heterocycles. The first-order chi connectivity index (χ1) is 12.8. The lowest BCUT2D eigenvalue weighted by Gasteiger charge is -2.12. The van der Waals surface area contributed by atoms with Gasteiger partial charge in [0.2, 0.25) is 11.6 Å². The summed E-state index contributed by atoms with van der Waals surface area (Å²) in [7, 11) is 1.85. The molecule has 4 rings (SSSR count). The fraction of sp³-hybridized carbons (Fsp3) is 0.353. The first-order valence-corrected chi connectivity index (χ1v) is 8.41. The summed E-state index contributed by atoms with van der Waals surface area (Å²) in [5, 5.41) is 14.2. The SMILES string of the molecule is CNCCOc1cnc(NCc2c(F)ccc3c2CCO3)n2cnnc12. The van der Waals surface area contributed by atoms with Gasteiger partial charge in [-0.1, -0.05) is 0 Å². The molecule has 0 amide bonds. The van der Waals surface area contributed by atoms with Crippen LogP contribution in [0.3, 0.4) is 0 Å². The van der Waals surface area contributed by atoms with E-state index in [1.165, 1.54) is 6.07 Å². The molecule has 3 aromatic rings. The number of ether oxygens (including phenoxy) is 2. The van der Waals surface area contributed by atoms with Crippen molar-refractivity contribution in [2.45, 2.75) is 13.0 Å². The Morgan fingerprint density at radius 2 is 2.31 bits per heavy atom. The third-order valence-electron chi connectivity index (χ3n) is 4.27. The Morgan fingerprint density at radius 1 is 1.38 bits per heavy atom. The highest BCUT2D eigenvalue weighted by atomic mass is 19.1. The summed E-state index contributed by atoms with van der Waals surface area (Å²) in [6.07, 6.45) is 3.85. The van der Waals surface area contributed by atoms with Crippen LogP contribution in [0, 0.1) is 5.82 Å². The molecule has 1 aromatic carbocycles. The topological polar surface area (TPSA) is 85.6 Å². The third kappa shape index (κ3) is 3.01. The van der Waals surface area contributed by atoms with Crippen LogP contribution in [0.4, 0.5) is 10.3 Å². The second-order valence-electron chi connectivity index (χ2n) is 5.88. The Balaban J connectivity index is 1.57. The molecule has 0 saturated carbocycles. The van der Waals surface area contributed by atoms with E-state index < -0.39 is 0 Å². The van der Waals surface area contributed by atoms with Gasteiger partial charge in [-0.25, -0.2) is 13.8 Å². The standard InChI is InChI=1S/C17H19FN6O2/c1-19-5-7-26-15-9-21-17(24-10-22-23-16(15)24)20-8-12-11-4-6-25-14(11)3-2-13(12)18/h2-3,9-10,19H,4-8H2,1H3,(H,20,21). The maximum Gasteiger partial charge on any atom is 0.210 e. The number of nitrogens with one attached hydrogen (secondary N) is 2. The summed E-state index contributed by atoms with van der Waals surface area (Å²) in [5.41, 5.74) is 2.06. The number of nitrogens with zero attached hydrogens (tertiary/aromatic N) is 4. The molecule has 2 N–H and O–H groups in total. The molecule has 2 aromatic heterocycles. The number of anilines is 1. The maximum atomic E-state index is 14.3. The van der Waals surface area contributed by atoms with Crippen LogP contribution in [-0.2, 0) is 13.0 Å². The lowest BCUT2D eigenvalue weighted by atomic mass is 10.0. The van der Waals surface area contributed by atoms with E-state index in [9.17, 15) is 4.39 Å². The zero-order valence-electron chi connectivity index (χ0n) is 14.3. The highest BCUT2D eigenvalue weighted by Crippen LogP contribution is 2.30. The minimum atomic E-state index is -0.256. The Morgan fingerprint density at radius 3 is 3.19 bits per heavy atom. The fourth-order valence-electron chi connectivity index (χ4n) is 2.97. The van der Waals surface area contributed by atoms with E-state index in [2.05, 4.69) is 25.8 Å². The van der Waals surface area contributed by atoms with Gasteiger partial charge in [0, 0.05) is 30.6 Å². The van der Waals surface area contributed by atoms with E-state index in [4.69, 9.17) is 9.47 Å². The fourth-order valence-corrected chi connectivity index (χ4v) is 2.97. The average molecular weight is 358 g/mol. The lowest BCUT2D eigenvalue weighted by Crippen LogP contribution is -2.16. The largest absolute Gasteiger partial charge is 0.493 e. The molecular weight excluding hydrogens is 339 g/mol. The molecule has 0 atom stereocenters. The van der Waals surface area contributed by atoms with Crippen molar-refractivity contribution in [3.63, 3.8) is 0 Å². The molecule has 0 unspecified atom stereocenters. The van der Waals surface area contributed by atoms with Crippen LogP contribution in [0.1, 0.15) is 11.1 Å². The van der Waals surface area contributed by atoms with Crippen LogP contribution in [-0.4, -0.2) is 46.4 Å². The molecule has 8 nitrogen and oxygen atoms in total. The molecule has 0 fully saturated rings. The minimum Gasteiger partial charge on any atom is -0.493 e. The zero-order valence-corrected chi connectivity index (χ0v) is 14.3. The molecule has 0 radical (unpaired) electrons. The number of likely N-dealkylation sites (N-methyl/N-ethyl adjacent to an activating group) is 1. The molecule has 0 bridgehead atoms. The van der Waals surface area contributed by atoms with E-state index in [0.29, 0.717) is 55.6 Å². The van der Waals surface area contributed by atoms with Crippen LogP contribution < -0.4 is 20.1 Å². The molecule has 1 aliphatic rings. The molecule has 0 saturated heterocycles. The van der Waals surface area contributed by atoms with Crippen molar-refractivity contribution in [1.82, 2.24) is 24.9 Å². The Kier molecular flexibility index (Phi) is 4.53. The molecule has 3 heterocycles. The predicted molar refractivity (Wildman–Crippen MR) is 93.1 cm³/mol. The number of halogens is 1. The number of hydrogen-bond acceptors (Lipinski definition) is 7. The number of fused-ring (bicyclic) bond motifs is 2. The van der Waals surface area contributed by atoms with Gasteiger partial charge in [0.15, 0.2) is 5.75 Å². The molecule has 0 spiro atoms. The molecular formula is C17H19FN6O2. The molecule has 0 aliphatic carbocycles. The van der Waals surface area contributed by atoms with Gasteiger partial charge in [-0.15, -0.1) is 10.2 Å². The van der Waals surface area contributed by atoms with Gasteiger partial charge in [0.1, 0.15) is 24.5 Å². The van der Waals surface area contributed by atoms with Gasteiger partial charge in [0.25, 0.3) is 0 Å². The van der Waals surface area contributed by atoms with E-state index >= 15 is 0 Å². The van der Waals surface area contributed by atoms with Crippen molar-refractivity contribution in [3.8, 4) is 11.5 Å². The summed E-state index contributed by atoms with van der Waals surface area (Å²) in [6, 6.07) is 3.11. The summed E-state index contributed by atoms with van der Waals surface area (Å²) in [6.45, 7) is 2.08. The molecule has 136 valence electrons. The minimum absolute atomic E-state index is 0.256. The summed E-state index contributed by atoms with van der Waals surface area (Å²) in [5.74, 6) is 1.55. The van der Waals surface area contributed by atoms with Gasteiger partial charge in [-0.2, -0.15) is 0 Å². The first-order valence-electron chi connectivity index (χ1n) is 8.41. The van der Waals surface area contributed by atoms with Gasteiger partial charge in [-0.3, -0.25) is 0 Å². The van der Waals surface area contributed by atoms with Gasteiger partial charge in [-0.05, 0) is 19.2 Å². The van der Waals surface area contributed by atoms with E-state index in [1.54, 1.807) is 23.0 Å². The van der Waals surface area contributed by atoms with Gasteiger partial charge < -0.3 is 20.1 Å². The quantitative estimate of drug-likeness (QED) is 0.618. The van der Waals surface area contributed by atoms with Crippen molar-refractivity contribution in [2.24, 2.45) is 0 Å². The molecule has 9 heteroatoms. The highest BCUT2D eigenvalue weighted by Gasteiger charge is 2.20. The van der Waals surface area contributed by atoms with Gasteiger partial charge >= 0.3 is 0 Å². The van der Waals surface area contributed by atoms with Crippen LogP contribution in [0.2, 0.25) is 0 Å². The van der Waals surface area contributed by atoms with Crippen molar-refractivity contribution in [2.75, 3.05) is 32.1 Å². The smallest absolute Gasteiger partial charge is 0.210 e. The maximum absolute atomic E-state index is 14.3. The highest BCUT2D eigenvalue weighted by molar-refractivity contribution is 5.56. The third-order valence-corrected chi connectivity index (χ3v) is 4.27. The Bertz CT molecular complexity index is 929. The number of rotatable bonds is 7. The predicted octanol–water partition coefficient (Wildman–Crippen LogP) is 1.41. The van der Waals surface area contributed by atoms with Crippen molar-refractivity contribution < 1.29 is 13.9 Å². The number of hydrogen-bond donors (Lipinski definition) is 2. The van der Waals surface area contributed by atoms with E-state index in [-0.39, 0.29) is 5.82 Å². The second kappa shape index (κ2) is 7.12. The lowest BCUT2D eigenvalue weighted by molar-refractivity contribution is 0.319. The number of aromatic nitrogens is 4. The Labute approximate surface area is 149 Å². The van der Waals surface area contributed by atoms with Crippen molar-refractivity contribution >= 4 is 11.6 Å². The monoisotopic (exact) mass is 358 g/mol. The second-order valence-corrected chi connectivity index (χ2v) is 5.88. The number of benzene rings is 1. The van der Waals surface area contributed by atoms with Crippen LogP contribution in [0.15, 0.2) is 24.7 Å². The van der Waals surface area contributed by atoms with Crippen molar-refractivity contribution in [1.29, 1.82) is 0 Å².